The number of ketones is 1. The Morgan fingerprint density at radius 1 is 1.62 bits per heavy atom. The Labute approximate surface area is 85.4 Å². The van der Waals surface area contributed by atoms with Crippen LogP contribution in [0.3, 0.4) is 0 Å². The van der Waals surface area contributed by atoms with Crippen LogP contribution in [0.1, 0.15) is 30.3 Å². The Hall–Kier alpha value is -0.570. The topological polar surface area (TPSA) is 30.2 Å². The normalized spacial score (nSPS) is 18.6. The van der Waals surface area contributed by atoms with Crippen molar-refractivity contribution in [2.24, 2.45) is 11.8 Å². The van der Waals surface area contributed by atoms with E-state index in [0.29, 0.717) is 16.3 Å². The second-order valence-corrected chi connectivity index (χ2v) is 4.38. The van der Waals surface area contributed by atoms with Crippen molar-refractivity contribution in [2.45, 2.75) is 19.8 Å². The van der Waals surface area contributed by atoms with Crippen LogP contribution in [0.25, 0.3) is 0 Å². The van der Waals surface area contributed by atoms with Crippen molar-refractivity contribution in [3.05, 3.63) is 22.6 Å². The molecule has 1 aliphatic carbocycles. The molecular formula is C10H11BrO2. The molecule has 70 valence electrons. The number of hydrogen-bond acceptors (Lipinski definition) is 2. The summed E-state index contributed by atoms with van der Waals surface area (Å²) in [7, 11) is 0. The average Bonchev–Trinajstić information content (AvgIpc) is 2.87. The van der Waals surface area contributed by atoms with Gasteiger partial charge in [0, 0.05) is 5.92 Å². The Balaban J connectivity index is 2.11. The first-order chi connectivity index (χ1) is 6.18. The lowest BCUT2D eigenvalue weighted by molar-refractivity contribution is 0.0886. The van der Waals surface area contributed by atoms with Crippen LogP contribution in [0.5, 0.6) is 0 Å². The van der Waals surface area contributed by atoms with Gasteiger partial charge in [-0.2, -0.15) is 0 Å². The quantitative estimate of drug-likeness (QED) is 0.762. The molecule has 2 rings (SSSR count). The third kappa shape index (κ3) is 1.85. The van der Waals surface area contributed by atoms with E-state index in [0.717, 1.165) is 0 Å². The number of Topliss-reactive ketones (excluding diaryl/α,β-unsaturated/α-hetero) is 1. The summed E-state index contributed by atoms with van der Waals surface area (Å²) in [6.07, 6.45) is 2.38. The molecule has 1 aliphatic rings. The molecule has 3 heteroatoms. The van der Waals surface area contributed by atoms with Crippen LogP contribution in [0.15, 0.2) is 21.2 Å². The van der Waals surface area contributed by atoms with Crippen molar-refractivity contribution in [1.29, 1.82) is 0 Å². The molecule has 1 atom stereocenters. The molecule has 0 aromatic carbocycles. The lowest BCUT2D eigenvalue weighted by Gasteiger charge is -2.04. The van der Waals surface area contributed by atoms with Gasteiger partial charge in [0.15, 0.2) is 10.4 Å². The van der Waals surface area contributed by atoms with E-state index in [1.54, 1.807) is 12.1 Å². The zero-order chi connectivity index (χ0) is 9.42. The molecule has 1 saturated carbocycles. The number of carbonyl (C=O) groups is 1. The van der Waals surface area contributed by atoms with Crippen molar-refractivity contribution in [1.82, 2.24) is 0 Å². The Kier molecular flexibility index (Phi) is 2.28. The smallest absolute Gasteiger partial charge is 0.201 e. The molecule has 0 amide bonds. The highest BCUT2D eigenvalue weighted by atomic mass is 79.9. The van der Waals surface area contributed by atoms with E-state index in [1.807, 2.05) is 6.92 Å². The van der Waals surface area contributed by atoms with Gasteiger partial charge in [0.2, 0.25) is 5.78 Å². The molecule has 1 aromatic rings. The van der Waals surface area contributed by atoms with Gasteiger partial charge in [-0.25, -0.2) is 0 Å². The van der Waals surface area contributed by atoms with Crippen molar-refractivity contribution >= 4 is 21.7 Å². The van der Waals surface area contributed by atoms with E-state index in [9.17, 15) is 4.79 Å². The molecule has 2 nitrogen and oxygen atoms in total. The average molecular weight is 243 g/mol. The predicted octanol–water partition coefficient (Wildman–Crippen LogP) is 3.27. The van der Waals surface area contributed by atoms with Crippen LogP contribution in [-0.2, 0) is 0 Å². The Bertz CT molecular complexity index is 325. The molecule has 0 radical (unpaired) electrons. The molecule has 1 aromatic heterocycles. The fourth-order valence-corrected chi connectivity index (χ4v) is 1.79. The predicted molar refractivity (Wildman–Crippen MR) is 52.6 cm³/mol. The monoisotopic (exact) mass is 242 g/mol. The van der Waals surface area contributed by atoms with Crippen molar-refractivity contribution < 1.29 is 9.21 Å². The van der Waals surface area contributed by atoms with E-state index >= 15 is 0 Å². The molecule has 1 unspecified atom stereocenters. The van der Waals surface area contributed by atoms with E-state index < -0.39 is 0 Å². The SMILES string of the molecule is CC(C(=O)c1ccc(Br)o1)C1CC1. The van der Waals surface area contributed by atoms with Crippen LogP contribution >= 0.6 is 15.9 Å². The highest BCUT2D eigenvalue weighted by molar-refractivity contribution is 9.10. The number of carbonyl (C=O) groups excluding carboxylic acids is 1. The van der Waals surface area contributed by atoms with Gasteiger partial charge in [-0.05, 0) is 46.8 Å². The van der Waals surface area contributed by atoms with E-state index in [-0.39, 0.29) is 11.7 Å². The molecule has 0 N–H and O–H groups in total. The van der Waals surface area contributed by atoms with E-state index in [2.05, 4.69) is 15.9 Å². The molecule has 1 fully saturated rings. The Morgan fingerprint density at radius 3 is 2.77 bits per heavy atom. The maximum absolute atomic E-state index is 11.7. The summed E-state index contributed by atoms with van der Waals surface area (Å²) in [5.41, 5.74) is 0. The van der Waals surface area contributed by atoms with Gasteiger partial charge in [0.05, 0.1) is 0 Å². The summed E-state index contributed by atoms with van der Waals surface area (Å²) in [5.74, 6) is 1.33. The summed E-state index contributed by atoms with van der Waals surface area (Å²) in [5, 5.41) is 0. The lowest BCUT2D eigenvalue weighted by Crippen LogP contribution is -2.12. The first kappa shape index (κ1) is 9.00. The maximum Gasteiger partial charge on any atom is 0.201 e. The van der Waals surface area contributed by atoms with Crippen molar-refractivity contribution in [3.8, 4) is 0 Å². The fourth-order valence-electron chi connectivity index (χ4n) is 1.48. The van der Waals surface area contributed by atoms with Gasteiger partial charge < -0.3 is 4.42 Å². The van der Waals surface area contributed by atoms with E-state index in [4.69, 9.17) is 4.42 Å². The standard InChI is InChI=1S/C10H11BrO2/c1-6(7-2-3-7)10(12)8-4-5-9(11)13-8/h4-7H,2-3H2,1H3. The van der Waals surface area contributed by atoms with Crippen LogP contribution in [0.2, 0.25) is 0 Å². The third-order valence-corrected chi connectivity index (χ3v) is 2.98. The minimum Gasteiger partial charge on any atom is -0.446 e. The lowest BCUT2D eigenvalue weighted by atomic mass is 9.99. The summed E-state index contributed by atoms with van der Waals surface area (Å²) < 4.78 is 5.84. The number of furan rings is 1. The van der Waals surface area contributed by atoms with Gasteiger partial charge >= 0.3 is 0 Å². The summed E-state index contributed by atoms with van der Waals surface area (Å²) in [6.45, 7) is 1.98. The van der Waals surface area contributed by atoms with Crippen molar-refractivity contribution in [3.63, 3.8) is 0 Å². The van der Waals surface area contributed by atoms with Crippen LogP contribution in [0, 0.1) is 11.8 Å². The summed E-state index contributed by atoms with van der Waals surface area (Å²) >= 11 is 3.18. The second kappa shape index (κ2) is 3.29. The first-order valence-electron chi connectivity index (χ1n) is 4.48. The van der Waals surface area contributed by atoms with Gasteiger partial charge in [-0.3, -0.25) is 4.79 Å². The number of hydrogen-bond donors (Lipinski definition) is 0. The highest BCUT2D eigenvalue weighted by Crippen LogP contribution is 2.38. The van der Waals surface area contributed by atoms with Crippen molar-refractivity contribution in [2.75, 3.05) is 0 Å². The van der Waals surface area contributed by atoms with Crippen LogP contribution < -0.4 is 0 Å². The van der Waals surface area contributed by atoms with Gasteiger partial charge in [0.1, 0.15) is 0 Å². The Morgan fingerprint density at radius 2 is 2.31 bits per heavy atom. The molecule has 0 saturated heterocycles. The zero-order valence-corrected chi connectivity index (χ0v) is 9.00. The van der Waals surface area contributed by atoms with E-state index in [1.165, 1.54) is 12.8 Å². The number of rotatable bonds is 3. The van der Waals surface area contributed by atoms with Gasteiger partial charge in [-0.15, -0.1) is 0 Å². The minimum absolute atomic E-state index is 0.123. The molecule has 1 heterocycles. The highest BCUT2D eigenvalue weighted by Gasteiger charge is 2.34. The van der Waals surface area contributed by atoms with Crippen LogP contribution in [0.4, 0.5) is 0 Å². The van der Waals surface area contributed by atoms with Gasteiger partial charge in [0.25, 0.3) is 0 Å². The largest absolute Gasteiger partial charge is 0.446 e. The molecule has 0 spiro atoms. The minimum atomic E-state index is 0.123. The molecule has 13 heavy (non-hydrogen) atoms. The second-order valence-electron chi connectivity index (χ2n) is 3.59. The third-order valence-electron chi connectivity index (χ3n) is 2.56. The molecule has 0 aliphatic heterocycles. The summed E-state index contributed by atoms with van der Waals surface area (Å²) in [4.78, 5) is 11.7. The number of halogens is 1. The molecule has 0 bridgehead atoms. The van der Waals surface area contributed by atoms with Gasteiger partial charge in [-0.1, -0.05) is 6.92 Å². The fraction of sp³-hybridized carbons (Fsp3) is 0.500. The maximum atomic E-state index is 11.7. The van der Waals surface area contributed by atoms with Crippen LogP contribution in [-0.4, -0.2) is 5.78 Å². The first-order valence-corrected chi connectivity index (χ1v) is 5.27. The zero-order valence-electron chi connectivity index (χ0n) is 7.42. The molecular weight excluding hydrogens is 232 g/mol. The summed E-state index contributed by atoms with van der Waals surface area (Å²) in [6, 6.07) is 3.48.